The SMILES string of the molecule is CCN1CCC(N(C)C(CO)C(N)CC(C)C)CC1. The second-order valence-electron chi connectivity index (χ2n) is 6.37. The van der Waals surface area contributed by atoms with Crippen molar-refractivity contribution in [3.05, 3.63) is 0 Å². The van der Waals surface area contributed by atoms with E-state index >= 15 is 0 Å². The molecule has 1 rings (SSSR count). The van der Waals surface area contributed by atoms with Gasteiger partial charge in [-0.2, -0.15) is 0 Å². The van der Waals surface area contributed by atoms with Gasteiger partial charge in [-0.15, -0.1) is 0 Å². The molecule has 1 aliphatic rings. The van der Waals surface area contributed by atoms with Crippen LogP contribution in [0.1, 0.15) is 40.0 Å². The Morgan fingerprint density at radius 2 is 1.89 bits per heavy atom. The van der Waals surface area contributed by atoms with Gasteiger partial charge >= 0.3 is 0 Å². The van der Waals surface area contributed by atoms with Gasteiger partial charge in [0.05, 0.1) is 6.61 Å². The van der Waals surface area contributed by atoms with Gasteiger partial charge in [-0.05, 0) is 51.9 Å². The Balaban J connectivity index is 2.51. The average molecular weight is 271 g/mol. The van der Waals surface area contributed by atoms with Crippen LogP contribution in [0.2, 0.25) is 0 Å². The normalized spacial score (nSPS) is 22.1. The maximum atomic E-state index is 9.68. The van der Waals surface area contributed by atoms with Crippen LogP contribution in [0.3, 0.4) is 0 Å². The van der Waals surface area contributed by atoms with Gasteiger partial charge in [0.1, 0.15) is 0 Å². The molecule has 0 radical (unpaired) electrons. The van der Waals surface area contributed by atoms with Crippen molar-refractivity contribution < 1.29 is 5.11 Å². The summed E-state index contributed by atoms with van der Waals surface area (Å²) in [5.74, 6) is 0.583. The first kappa shape index (κ1) is 16.9. The molecule has 1 heterocycles. The minimum Gasteiger partial charge on any atom is -0.395 e. The molecule has 0 bridgehead atoms. The number of hydrogen-bond acceptors (Lipinski definition) is 4. The summed E-state index contributed by atoms with van der Waals surface area (Å²) in [5, 5.41) is 9.68. The Morgan fingerprint density at radius 1 is 1.32 bits per heavy atom. The predicted octanol–water partition coefficient (Wildman–Crippen LogP) is 1.14. The van der Waals surface area contributed by atoms with Crippen molar-refractivity contribution in [3.8, 4) is 0 Å². The molecule has 1 saturated heterocycles. The molecular formula is C15H33N3O. The van der Waals surface area contributed by atoms with E-state index in [0.29, 0.717) is 12.0 Å². The monoisotopic (exact) mass is 271 g/mol. The van der Waals surface area contributed by atoms with Crippen LogP contribution >= 0.6 is 0 Å². The van der Waals surface area contributed by atoms with Crippen LogP contribution in [-0.4, -0.2) is 66.3 Å². The largest absolute Gasteiger partial charge is 0.395 e. The van der Waals surface area contributed by atoms with Gasteiger partial charge in [-0.25, -0.2) is 0 Å². The lowest BCUT2D eigenvalue weighted by molar-refractivity contribution is 0.0529. The molecule has 0 aromatic rings. The Labute approximate surface area is 118 Å². The molecule has 114 valence electrons. The Kier molecular flexibility index (Phi) is 7.29. The summed E-state index contributed by atoms with van der Waals surface area (Å²) in [7, 11) is 2.13. The second-order valence-corrected chi connectivity index (χ2v) is 6.37. The number of nitrogens with two attached hydrogens (primary N) is 1. The van der Waals surface area contributed by atoms with E-state index in [-0.39, 0.29) is 18.7 Å². The lowest BCUT2D eigenvalue weighted by Gasteiger charge is -2.41. The summed E-state index contributed by atoms with van der Waals surface area (Å²) in [5.41, 5.74) is 6.28. The highest BCUT2D eigenvalue weighted by Gasteiger charge is 2.29. The molecule has 19 heavy (non-hydrogen) atoms. The number of rotatable bonds is 7. The highest BCUT2D eigenvalue weighted by molar-refractivity contribution is 4.87. The number of aliphatic hydroxyl groups is 1. The summed E-state index contributed by atoms with van der Waals surface area (Å²) in [6.07, 6.45) is 3.36. The van der Waals surface area contributed by atoms with E-state index in [1.165, 1.54) is 25.9 Å². The Bertz CT molecular complexity index is 240. The van der Waals surface area contributed by atoms with Crippen molar-refractivity contribution in [1.29, 1.82) is 0 Å². The minimum atomic E-state index is 0.0687. The van der Waals surface area contributed by atoms with Crippen LogP contribution in [0.15, 0.2) is 0 Å². The molecule has 2 unspecified atom stereocenters. The highest BCUT2D eigenvalue weighted by Crippen LogP contribution is 2.20. The van der Waals surface area contributed by atoms with Gasteiger partial charge in [0.15, 0.2) is 0 Å². The standard InChI is InChI=1S/C15H33N3O/c1-5-18-8-6-13(7-9-18)17(4)15(11-19)14(16)10-12(2)3/h12-15,19H,5-11,16H2,1-4H3. The summed E-state index contributed by atoms with van der Waals surface area (Å²) in [6.45, 7) is 10.2. The van der Waals surface area contributed by atoms with E-state index in [9.17, 15) is 5.11 Å². The van der Waals surface area contributed by atoms with Crippen LogP contribution in [0.4, 0.5) is 0 Å². The van der Waals surface area contributed by atoms with Crippen LogP contribution < -0.4 is 5.73 Å². The first-order valence-electron chi connectivity index (χ1n) is 7.80. The quantitative estimate of drug-likeness (QED) is 0.729. The molecule has 0 amide bonds. The highest BCUT2D eigenvalue weighted by atomic mass is 16.3. The van der Waals surface area contributed by atoms with Gasteiger partial charge in [0.25, 0.3) is 0 Å². The molecule has 0 aromatic carbocycles. The summed E-state index contributed by atoms with van der Waals surface area (Å²) >= 11 is 0. The van der Waals surface area contributed by atoms with E-state index in [2.05, 4.69) is 37.6 Å². The summed E-state index contributed by atoms with van der Waals surface area (Å²) in [4.78, 5) is 4.83. The topological polar surface area (TPSA) is 52.7 Å². The lowest BCUT2D eigenvalue weighted by atomic mass is 9.94. The summed E-state index contributed by atoms with van der Waals surface area (Å²) < 4.78 is 0. The number of aliphatic hydroxyl groups excluding tert-OH is 1. The van der Waals surface area contributed by atoms with E-state index in [1.807, 2.05) is 0 Å². The van der Waals surface area contributed by atoms with E-state index in [0.717, 1.165) is 13.0 Å². The second kappa shape index (κ2) is 8.20. The smallest absolute Gasteiger partial charge is 0.0601 e. The maximum absolute atomic E-state index is 9.68. The van der Waals surface area contributed by atoms with E-state index < -0.39 is 0 Å². The van der Waals surface area contributed by atoms with Crippen LogP contribution in [0.5, 0.6) is 0 Å². The summed E-state index contributed by atoms with van der Waals surface area (Å²) in [6, 6.07) is 0.734. The average Bonchev–Trinajstić information content (AvgIpc) is 2.38. The Morgan fingerprint density at radius 3 is 2.32 bits per heavy atom. The van der Waals surface area contributed by atoms with Crippen molar-refractivity contribution in [3.63, 3.8) is 0 Å². The zero-order chi connectivity index (χ0) is 14.4. The van der Waals surface area contributed by atoms with Crippen LogP contribution in [0, 0.1) is 5.92 Å². The molecule has 0 aromatic heterocycles. The molecule has 4 nitrogen and oxygen atoms in total. The molecule has 0 aliphatic carbocycles. The van der Waals surface area contributed by atoms with E-state index in [1.54, 1.807) is 0 Å². The number of piperidine rings is 1. The molecular weight excluding hydrogens is 238 g/mol. The number of nitrogens with zero attached hydrogens (tertiary/aromatic N) is 2. The Hall–Kier alpha value is -0.160. The fraction of sp³-hybridized carbons (Fsp3) is 1.00. The van der Waals surface area contributed by atoms with Crippen molar-refractivity contribution >= 4 is 0 Å². The van der Waals surface area contributed by atoms with Gasteiger partial charge in [-0.3, -0.25) is 4.90 Å². The maximum Gasteiger partial charge on any atom is 0.0601 e. The molecule has 1 aliphatic heterocycles. The van der Waals surface area contributed by atoms with Crippen LogP contribution in [-0.2, 0) is 0 Å². The molecule has 2 atom stereocenters. The third kappa shape index (κ3) is 5.03. The first-order valence-corrected chi connectivity index (χ1v) is 7.80. The molecule has 0 spiro atoms. The van der Waals surface area contributed by atoms with Crippen LogP contribution in [0.25, 0.3) is 0 Å². The number of hydrogen-bond donors (Lipinski definition) is 2. The molecule has 1 fully saturated rings. The van der Waals surface area contributed by atoms with Gasteiger partial charge in [0.2, 0.25) is 0 Å². The third-order valence-electron chi connectivity index (χ3n) is 4.53. The van der Waals surface area contributed by atoms with Crippen molar-refractivity contribution in [2.75, 3.05) is 33.3 Å². The van der Waals surface area contributed by atoms with Gasteiger partial charge < -0.3 is 15.7 Å². The first-order chi connectivity index (χ1) is 8.99. The zero-order valence-corrected chi connectivity index (χ0v) is 13.2. The van der Waals surface area contributed by atoms with Crippen molar-refractivity contribution in [2.24, 2.45) is 11.7 Å². The predicted molar refractivity (Wildman–Crippen MR) is 81.2 cm³/mol. The zero-order valence-electron chi connectivity index (χ0n) is 13.2. The third-order valence-corrected chi connectivity index (χ3v) is 4.53. The molecule has 4 heteroatoms. The van der Waals surface area contributed by atoms with E-state index in [4.69, 9.17) is 5.73 Å². The number of likely N-dealkylation sites (tertiary alicyclic amines) is 1. The number of likely N-dealkylation sites (N-methyl/N-ethyl adjacent to an activating group) is 1. The molecule has 3 N–H and O–H groups in total. The van der Waals surface area contributed by atoms with Gasteiger partial charge in [0, 0.05) is 18.1 Å². The fourth-order valence-electron chi connectivity index (χ4n) is 3.18. The van der Waals surface area contributed by atoms with Crippen molar-refractivity contribution in [2.45, 2.75) is 58.2 Å². The van der Waals surface area contributed by atoms with Gasteiger partial charge in [-0.1, -0.05) is 20.8 Å². The fourth-order valence-corrected chi connectivity index (χ4v) is 3.18. The lowest BCUT2D eigenvalue weighted by Crippen LogP contribution is -2.55. The minimum absolute atomic E-state index is 0.0687. The molecule has 0 saturated carbocycles. The van der Waals surface area contributed by atoms with Crippen molar-refractivity contribution in [1.82, 2.24) is 9.80 Å².